The van der Waals surface area contributed by atoms with Gasteiger partial charge in [-0.15, -0.1) is 0 Å². The number of imide groups is 2. The standard InChI is InChI=1S/C46H40N4O6/c1-27-16-18-31(19-17-27)48-50-43(53)37-26-36-33(40(35-14-9-15-38(56-2)41(35)51)46(37,45(50)55)28-10-5-3-6-11-28)24-25-34-39(36)44(54)49(42(34)52)32-22-20-30(21-23-32)47-29-12-7-4-8-13-29/h3-24,34,36-37,39-40,47-48,51H,25-26H2,1-2H3. The molecule has 2 saturated heterocycles. The van der Waals surface area contributed by atoms with Gasteiger partial charge in [0.2, 0.25) is 11.8 Å². The van der Waals surface area contributed by atoms with Crippen molar-refractivity contribution >= 4 is 46.4 Å². The zero-order valence-electron chi connectivity index (χ0n) is 30.9. The number of hydrogen-bond acceptors (Lipinski definition) is 8. The van der Waals surface area contributed by atoms with Crippen LogP contribution >= 0.6 is 0 Å². The molecule has 6 atom stereocenters. The number of nitrogens with one attached hydrogen (secondary N) is 2. The van der Waals surface area contributed by atoms with Crippen LogP contribution in [-0.4, -0.2) is 40.9 Å². The van der Waals surface area contributed by atoms with E-state index in [1.165, 1.54) is 12.0 Å². The van der Waals surface area contributed by atoms with Gasteiger partial charge in [0.05, 0.1) is 41.7 Å². The highest BCUT2D eigenvalue weighted by atomic mass is 16.5. The minimum absolute atomic E-state index is 0.145. The molecule has 4 aliphatic rings. The van der Waals surface area contributed by atoms with Crippen LogP contribution in [0.4, 0.5) is 22.7 Å². The number of para-hydroxylation sites is 2. The Hall–Kier alpha value is -6.68. The number of aryl methyl sites for hydroxylation is 1. The van der Waals surface area contributed by atoms with Gasteiger partial charge in [-0.1, -0.05) is 90.0 Å². The molecule has 5 aromatic rings. The zero-order valence-corrected chi connectivity index (χ0v) is 30.9. The smallest absolute Gasteiger partial charge is 0.260 e. The topological polar surface area (TPSA) is 128 Å². The number of ether oxygens (including phenoxy) is 1. The molecule has 2 heterocycles. The van der Waals surface area contributed by atoms with E-state index in [-0.39, 0.29) is 36.2 Å². The Morgan fingerprint density at radius 3 is 2.07 bits per heavy atom. The molecule has 3 N–H and O–H groups in total. The number of phenols is 1. The highest BCUT2D eigenvalue weighted by molar-refractivity contribution is 6.22. The van der Waals surface area contributed by atoms with Crippen molar-refractivity contribution in [3.63, 3.8) is 0 Å². The first-order valence-corrected chi connectivity index (χ1v) is 18.8. The normalized spacial score (nSPS) is 25.3. The Bertz CT molecular complexity index is 2400. The lowest BCUT2D eigenvalue weighted by Gasteiger charge is -2.50. The number of benzene rings is 5. The number of fused-ring (bicyclic) bond motifs is 4. The number of hydrazine groups is 1. The Morgan fingerprint density at radius 2 is 1.38 bits per heavy atom. The Labute approximate surface area is 324 Å². The molecule has 4 amide bonds. The summed E-state index contributed by atoms with van der Waals surface area (Å²) in [5.74, 6) is -5.33. The lowest BCUT2D eigenvalue weighted by atomic mass is 9.49. The number of anilines is 4. The summed E-state index contributed by atoms with van der Waals surface area (Å²) < 4.78 is 5.57. The molecule has 280 valence electrons. The van der Waals surface area contributed by atoms with E-state index in [1.807, 2.05) is 110 Å². The second-order valence-electron chi connectivity index (χ2n) is 15.0. The van der Waals surface area contributed by atoms with Crippen LogP contribution in [0.3, 0.4) is 0 Å². The molecule has 1 saturated carbocycles. The summed E-state index contributed by atoms with van der Waals surface area (Å²) in [5, 5.41) is 16.3. The molecule has 0 radical (unpaired) electrons. The first-order chi connectivity index (χ1) is 27.2. The minimum Gasteiger partial charge on any atom is -0.504 e. The molecule has 10 heteroatoms. The number of rotatable bonds is 8. The van der Waals surface area contributed by atoms with Crippen LogP contribution in [0.2, 0.25) is 0 Å². The van der Waals surface area contributed by atoms with E-state index in [0.717, 1.165) is 27.5 Å². The van der Waals surface area contributed by atoms with Crippen LogP contribution in [0.25, 0.3) is 0 Å². The van der Waals surface area contributed by atoms with Crippen LogP contribution in [0.5, 0.6) is 11.5 Å². The molecule has 56 heavy (non-hydrogen) atoms. The maximum atomic E-state index is 15.4. The van der Waals surface area contributed by atoms with Gasteiger partial charge in [-0.2, -0.15) is 5.01 Å². The van der Waals surface area contributed by atoms with E-state index in [1.54, 1.807) is 30.3 Å². The van der Waals surface area contributed by atoms with Gasteiger partial charge in [-0.3, -0.25) is 29.5 Å². The van der Waals surface area contributed by atoms with E-state index in [0.29, 0.717) is 22.5 Å². The van der Waals surface area contributed by atoms with E-state index in [2.05, 4.69) is 10.7 Å². The number of carbonyl (C=O) groups excluding carboxylic acids is 4. The number of methoxy groups -OCH3 is 1. The summed E-state index contributed by atoms with van der Waals surface area (Å²) >= 11 is 0. The van der Waals surface area contributed by atoms with Gasteiger partial charge >= 0.3 is 0 Å². The summed E-state index contributed by atoms with van der Waals surface area (Å²) in [6.07, 6.45) is 2.38. The fraction of sp³-hybridized carbons (Fsp3) is 0.217. The molecule has 0 spiro atoms. The third kappa shape index (κ3) is 5.31. The predicted octanol–water partition coefficient (Wildman–Crippen LogP) is 7.64. The number of amides is 4. The van der Waals surface area contributed by atoms with E-state index < -0.39 is 46.8 Å². The lowest BCUT2D eigenvalue weighted by Crippen LogP contribution is -2.53. The second kappa shape index (κ2) is 13.6. The molecule has 10 nitrogen and oxygen atoms in total. The number of hydrogen-bond donors (Lipinski definition) is 3. The SMILES string of the molecule is COc1cccc(C2C3=CCC4C(=O)N(c5ccc(Nc6ccccc6)cc5)C(=O)C4C3CC3C(=O)N(Nc4ccc(C)cc4)C(=O)C32c2ccccc2)c1O. The highest BCUT2D eigenvalue weighted by Crippen LogP contribution is 2.65. The van der Waals surface area contributed by atoms with Crippen molar-refractivity contribution < 1.29 is 29.0 Å². The van der Waals surface area contributed by atoms with Crippen LogP contribution in [0.15, 0.2) is 139 Å². The summed E-state index contributed by atoms with van der Waals surface area (Å²) in [6.45, 7) is 1.96. The fourth-order valence-electron chi connectivity index (χ4n) is 9.67. The Morgan fingerprint density at radius 1 is 0.714 bits per heavy atom. The highest BCUT2D eigenvalue weighted by Gasteiger charge is 2.70. The van der Waals surface area contributed by atoms with Gasteiger partial charge < -0.3 is 15.2 Å². The zero-order chi connectivity index (χ0) is 38.7. The molecular weight excluding hydrogens is 705 g/mol. The van der Waals surface area contributed by atoms with Crippen molar-refractivity contribution in [2.24, 2.45) is 23.7 Å². The maximum absolute atomic E-state index is 15.4. The molecule has 0 bridgehead atoms. The van der Waals surface area contributed by atoms with Crippen molar-refractivity contribution in [2.45, 2.75) is 31.1 Å². The van der Waals surface area contributed by atoms with Crippen LogP contribution in [0.1, 0.15) is 35.4 Å². The number of carbonyl (C=O) groups is 4. The molecule has 2 aliphatic heterocycles. The van der Waals surface area contributed by atoms with Crippen molar-refractivity contribution in [1.82, 2.24) is 5.01 Å². The number of allylic oxidation sites excluding steroid dienone is 2. The quantitative estimate of drug-likeness (QED) is 0.109. The average molecular weight is 745 g/mol. The first-order valence-electron chi connectivity index (χ1n) is 18.8. The summed E-state index contributed by atoms with van der Waals surface area (Å²) in [5.41, 5.74) is 7.13. The average Bonchev–Trinajstić information content (AvgIpc) is 3.60. The third-order valence-corrected chi connectivity index (χ3v) is 12.1. The van der Waals surface area contributed by atoms with E-state index in [9.17, 15) is 19.5 Å². The Balaban J connectivity index is 1.16. The number of phenolic OH excluding ortho intramolecular Hbond substituents is 1. The molecule has 0 aromatic heterocycles. The monoisotopic (exact) mass is 744 g/mol. The molecule has 3 fully saturated rings. The van der Waals surface area contributed by atoms with Crippen LogP contribution in [-0.2, 0) is 24.6 Å². The molecule has 6 unspecified atom stereocenters. The van der Waals surface area contributed by atoms with Crippen LogP contribution in [0, 0.1) is 30.6 Å². The van der Waals surface area contributed by atoms with Gasteiger partial charge in [0.15, 0.2) is 11.5 Å². The van der Waals surface area contributed by atoms with Crippen molar-refractivity contribution in [3.05, 3.63) is 156 Å². The van der Waals surface area contributed by atoms with Crippen molar-refractivity contribution in [3.8, 4) is 11.5 Å². The van der Waals surface area contributed by atoms with Gasteiger partial charge in [0, 0.05) is 22.9 Å². The van der Waals surface area contributed by atoms with Crippen molar-refractivity contribution in [1.29, 1.82) is 0 Å². The van der Waals surface area contributed by atoms with E-state index in [4.69, 9.17) is 4.74 Å². The van der Waals surface area contributed by atoms with E-state index >= 15 is 4.79 Å². The van der Waals surface area contributed by atoms with Crippen molar-refractivity contribution in [2.75, 3.05) is 22.8 Å². The van der Waals surface area contributed by atoms with Gasteiger partial charge in [-0.05, 0) is 85.8 Å². The van der Waals surface area contributed by atoms with Gasteiger partial charge in [0.25, 0.3) is 11.8 Å². The summed E-state index contributed by atoms with van der Waals surface area (Å²) in [4.78, 5) is 60.5. The predicted molar refractivity (Wildman–Crippen MR) is 212 cm³/mol. The summed E-state index contributed by atoms with van der Waals surface area (Å²) in [7, 11) is 1.46. The van der Waals surface area contributed by atoms with Gasteiger partial charge in [-0.25, -0.2) is 0 Å². The number of aromatic hydroxyl groups is 1. The van der Waals surface area contributed by atoms with Gasteiger partial charge in [0.1, 0.15) is 0 Å². The van der Waals surface area contributed by atoms with Crippen LogP contribution < -0.4 is 20.4 Å². The lowest BCUT2D eigenvalue weighted by molar-refractivity contribution is -0.138. The number of nitrogens with zero attached hydrogens (tertiary/aromatic N) is 2. The largest absolute Gasteiger partial charge is 0.504 e. The first kappa shape index (κ1) is 35.0. The molecular formula is C46H40N4O6. The second-order valence-corrected chi connectivity index (χ2v) is 15.0. The maximum Gasteiger partial charge on any atom is 0.260 e. The molecule has 2 aliphatic carbocycles. The third-order valence-electron chi connectivity index (χ3n) is 12.1. The Kier molecular flexibility index (Phi) is 8.49. The fourth-order valence-corrected chi connectivity index (χ4v) is 9.67. The molecule has 9 rings (SSSR count). The summed E-state index contributed by atoms with van der Waals surface area (Å²) in [6, 6.07) is 38.7. The minimum atomic E-state index is -1.51. The molecule has 5 aromatic carbocycles.